The van der Waals surface area contributed by atoms with Gasteiger partial charge in [-0.2, -0.15) is 0 Å². The molecule has 1 nitrogen and oxygen atoms in total. The SMILES string of the molecule is CC1Cc2ccncc2CC1C. The Bertz CT molecular complexity index is 251. The molecular formula is C11H15N. The molecule has 1 aromatic heterocycles. The first-order chi connectivity index (χ1) is 5.77. The van der Waals surface area contributed by atoms with Crippen LogP contribution >= 0.6 is 0 Å². The lowest BCUT2D eigenvalue weighted by Gasteiger charge is -2.27. The summed E-state index contributed by atoms with van der Waals surface area (Å²) < 4.78 is 0. The molecular weight excluding hydrogens is 146 g/mol. The molecule has 1 heterocycles. The average molecular weight is 161 g/mol. The minimum absolute atomic E-state index is 0.821. The minimum atomic E-state index is 0.821. The second-order valence-corrected chi connectivity index (χ2v) is 4.01. The number of hydrogen-bond acceptors (Lipinski definition) is 1. The molecule has 0 amide bonds. The lowest BCUT2D eigenvalue weighted by Crippen LogP contribution is -2.20. The first-order valence-corrected chi connectivity index (χ1v) is 4.69. The third-order valence-electron chi connectivity index (χ3n) is 3.06. The van der Waals surface area contributed by atoms with Gasteiger partial charge < -0.3 is 0 Å². The van der Waals surface area contributed by atoms with E-state index in [-0.39, 0.29) is 0 Å². The summed E-state index contributed by atoms with van der Waals surface area (Å²) in [4.78, 5) is 4.16. The van der Waals surface area contributed by atoms with E-state index in [1.807, 2.05) is 12.4 Å². The van der Waals surface area contributed by atoms with Gasteiger partial charge in [-0.25, -0.2) is 0 Å². The zero-order valence-electron chi connectivity index (χ0n) is 7.75. The lowest BCUT2D eigenvalue weighted by molar-refractivity contribution is 0.360. The highest BCUT2D eigenvalue weighted by atomic mass is 14.6. The van der Waals surface area contributed by atoms with Crippen LogP contribution in [0.3, 0.4) is 0 Å². The zero-order chi connectivity index (χ0) is 8.55. The van der Waals surface area contributed by atoms with E-state index in [1.165, 1.54) is 24.0 Å². The fourth-order valence-corrected chi connectivity index (χ4v) is 1.94. The van der Waals surface area contributed by atoms with Crippen molar-refractivity contribution in [3.63, 3.8) is 0 Å². The highest BCUT2D eigenvalue weighted by Gasteiger charge is 2.21. The molecule has 2 rings (SSSR count). The van der Waals surface area contributed by atoms with E-state index < -0.39 is 0 Å². The number of nitrogens with zero attached hydrogens (tertiary/aromatic N) is 1. The fourth-order valence-electron chi connectivity index (χ4n) is 1.94. The van der Waals surface area contributed by atoms with E-state index in [9.17, 15) is 0 Å². The Morgan fingerprint density at radius 2 is 1.83 bits per heavy atom. The Kier molecular flexibility index (Phi) is 1.87. The Labute approximate surface area is 73.8 Å². The van der Waals surface area contributed by atoms with Crippen LogP contribution in [0, 0.1) is 11.8 Å². The number of hydrogen-bond donors (Lipinski definition) is 0. The summed E-state index contributed by atoms with van der Waals surface area (Å²) in [5, 5.41) is 0. The quantitative estimate of drug-likeness (QED) is 0.569. The molecule has 1 aliphatic rings. The van der Waals surface area contributed by atoms with Crippen LogP contribution in [0.15, 0.2) is 18.5 Å². The molecule has 1 aliphatic carbocycles. The van der Waals surface area contributed by atoms with Crippen molar-refractivity contribution in [1.82, 2.24) is 4.98 Å². The molecule has 0 N–H and O–H groups in total. The summed E-state index contributed by atoms with van der Waals surface area (Å²) in [6.45, 7) is 4.68. The third kappa shape index (κ3) is 1.24. The van der Waals surface area contributed by atoms with Crippen molar-refractivity contribution in [3.05, 3.63) is 29.6 Å². The molecule has 0 spiro atoms. The molecule has 0 bridgehead atoms. The van der Waals surface area contributed by atoms with E-state index in [1.54, 1.807) is 0 Å². The first kappa shape index (κ1) is 7.78. The number of rotatable bonds is 0. The molecule has 0 aliphatic heterocycles. The minimum Gasteiger partial charge on any atom is -0.264 e. The van der Waals surface area contributed by atoms with Gasteiger partial charge in [0, 0.05) is 12.4 Å². The molecule has 2 unspecified atom stereocenters. The van der Waals surface area contributed by atoms with Crippen LogP contribution in [0.4, 0.5) is 0 Å². The largest absolute Gasteiger partial charge is 0.264 e. The molecule has 0 saturated carbocycles. The van der Waals surface area contributed by atoms with Crippen LogP contribution in [-0.2, 0) is 12.8 Å². The van der Waals surface area contributed by atoms with E-state index in [4.69, 9.17) is 0 Å². The van der Waals surface area contributed by atoms with Gasteiger partial charge in [-0.3, -0.25) is 4.98 Å². The predicted molar refractivity (Wildman–Crippen MR) is 50.0 cm³/mol. The van der Waals surface area contributed by atoms with Gasteiger partial charge in [0.2, 0.25) is 0 Å². The lowest BCUT2D eigenvalue weighted by atomic mass is 9.79. The Balaban J connectivity index is 2.34. The van der Waals surface area contributed by atoms with Crippen molar-refractivity contribution in [1.29, 1.82) is 0 Å². The van der Waals surface area contributed by atoms with Gasteiger partial charge in [-0.05, 0) is 41.9 Å². The number of pyridine rings is 1. The Morgan fingerprint density at radius 3 is 2.58 bits per heavy atom. The van der Waals surface area contributed by atoms with Crippen molar-refractivity contribution < 1.29 is 0 Å². The van der Waals surface area contributed by atoms with Gasteiger partial charge in [0.1, 0.15) is 0 Å². The van der Waals surface area contributed by atoms with E-state index in [0.717, 1.165) is 11.8 Å². The first-order valence-electron chi connectivity index (χ1n) is 4.69. The highest BCUT2D eigenvalue weighted by Crippen LogP contribution is 2.28. The molecule has 12 heavy (non-hydrogen) atoms. The summed E-state index contributed by atoms with van der Waals surface area (Å²) in [6.07, 6.45) is 6.38. The normalized spacial score (nSPS) is 28.2. The van der Waals surface area contributed by atoms with Crippen molar-refractivity contribution in [2.75, 3.05) is 0 Å². The second-order valence-electron chi connectivity index (χ2n) is 4.01. The third-order valence-corrected chi connectivity index (χ3v) is 3.06. The smallest absolute Gasteiger partial charge is 0.0302 e. The Hall–Kier alpha value is -0.850. The maximum Gasteiger partial charge on any atom is 0.0302 e. The molecule has 1 aromatic rings. The highest BCUT2D eigenvalue weighted by molar-refractivity contribution is 5.26. The second kappa shape index (κ2) is 2.89. The van der Waals surface area contributed by atoms with Crippen molar-refractivity contribution in [3.8, 4) is 0 Å². The molecule has 2 atom stereocenters. The van der Waals surface area contributed by atoms with E-state index in [2.05, 4.69) is 24.9 Å². The molecule has 1 heteroatoms. The zero-order valence-corrected chi connectivity index (χ0v) is 7.75. The van der Waals surface area contributed by atoms with Gasteiger partial charge in [-0.1, -0.05) is 13.8 Å². The molecule has 0 saturated heterocycles. The molecule has 0 aromatic carbocycles. The summed E-state index contributed by atoms with van der Waals surface area (Å²) >= 11 is 0. The summed E-state index contributed by atoms with van der Waals surface area (Å²) in [7, 11) is 0. The van der Waals surface area contributed by atoms with Crippen molar-refractivity contribution in [2.45, 2.75) is 26.7 Å². The van der Waals surface area contributed by atoms with Crippen LogP contribution in [0.25, 0.3) is 0 Å². The van der Waals surface area contributed by atoms with Crippen LogP contribution < -0.4 is 0 Å². The van der Waals surface area contributed by atoms with Gasteiger partial charge in [-0.15, -0.1) is 0 Å². The van der Waals surface area contributed by atoms with Crippen LogP contribution in [-0.4, -0.2) is 4.98 Å². The van der Waals surface area contributed by atoms with Gasteiger partial charge >= 0.3 is 0 Å². The number of fused-ring (bicyclic) bond motifs is 1. The molecule has 0 radical (unpaired) electrons. The number of aromatic nitrogens is 1. The maximum atomic E-state index is 4.16. The van der Waals surface area contributed by atoms with Crippen molar-refractivity contribution in [2.24, 2.45) is 11.8 Å². The van der Waals surface area contributed by atoms with Crippen LogP contribution in [0.1, 0.15) is 25.0 Å². The van der Waals surface area contributed by atoms with Gasteiger partial charge in [0.25, 0.3) is 0 Å². The van der Waals surface area contributed by atoms with Crippen LogP contribution in [0.5, 0.6) is 0 Å². The molecule has 0 fully saturated rings. The van der Waals surface area contributed by atoms with E-state index >= 15 is 0 Å². The predicted octanol–water partition coefficient (Wildman–Crippen LogP) is 2.45. The standard InChI is InChI=1S/C11H15N/c1-8-5-10-3-4-12-7-11(10)6-9(8)2/h3-4,7-9H,5-6H2,1-2H3. The van der Waals surface area contributed by atoms with Crippen LogP contribution in [0.2, 0.25) is 0 Å². The van der Waals surface area contributed by atoms with Gasteiger partial charge in [0.15, 0.2) is 0 Å². The summed E-state index contributed by atoms with van der Waals surface area (Å²) in [6, 6.07) is 2.16. The summed E-state index contributed by atoms with van der Waals surface area (Å²) in [5.41, 5.74) is 2.97. The average Bonchev–Trinajstić information content (AvgIpc) is 2.07. The van der Waals surface area contributed by atoms with E-state index in [0.29, 0.717) is 0 Å². The van der Waals surface area contributed by atoms with Gasteiger partial charge in [0.05, 0.1) is 0 Å². The molecule has 64 valence electrons. The van der Waals surface area contributed by atoms with Crippen molar-refractivity contribution >= 4 is 0 Å². The summed E-state index contributed by atoms with van der Waals surface area (Å²) in [5.74, 6) is 1.65. The maximum absolute atomic E-state index is 4.16. The fraction of sp³-hybridized carbons (Fsp3) is 0.545. The Morgan fingerprint density at radius 1 is 1.17 bits per heavy atom. The monoisotopic (exact) mass is 161 g/mol. The topological polar surface area (TPSA) is 12.9 Å².